The molecule has 0 aliphatic carbocycles. The largest absolute Gasteiger partial charge is 0.484 e. The molecule has 0 radical (unpaired) electrons. The van der Waals surface area contributed by atoms with E-state index in [1.165, 1.54) is 0 Å². The second-order valence-corrected chi connectivity index (χ2v) is 4.39. The van der Waals surface area contributed by atoms with Gasteiger partial charge in [0.25, 0.3) is 5.91 Å². The Labute approximate surface area is 102 Å². The van der Waals surface area contributed by atoms with Crippen molar-refractivity contribution in [2.24, 2.45) is 11.7 Å². The first kappa shape index (κ1) is 13.4. The number of anilines is 1. The van der Waals surface area contributed by atoms with Crippen molar-refractivity contribution in [2.75, 3.05) is 18.5 Å². The van der Waals surface area contributed by atoms with E-state index in [0.29, 0.717) is 11.7 Å². The van der Waals surface area contributed by atoms with Crippen molar-refractivity contribution in [2.45, 2.75) is 20.3 Å². The Hall–Kier alpha value is -1.71. The number of carbonyl (C=O) groups is 1. The number of rotatable bonds is 7. The summed E-state index contributed by atoms with van der Waals surface area (Å²) in [7, 11) is 0. The fourth-order valence-corrected chi connectivity index (χ4v) is 1.36. The number of ether oxygens (including phenoxy) is 1. The van der Waals surface area contributed by atoms with Crippen LogP contribution < -0.4 is 15.8 Å². The Morgan fingerprint density at radius 1 is 1.47 bits per heavy atom. The van der Waals surface area contributed by atoms with Crippen LogP contribution in [0.15, 0.2) is 24.3 Å². The third kappa shape index (κ3) is 5.80. The third-order valence-corrected chi connectivity index (χ3v) is 2.27. The van der Waals surface area contributed by atoms with Gasteiger partial charge in [-0.15, -0.1) is 0 Å². The Bertz CT molecular complexity index is 364. The molecule has 0 spiro atoms. The minimum atomic E-state index is -0.469. The highest BCUT2D eigenvalue weighted by atomic mass is 16.5. The predicted octanol–water partition coefficient (Wildman–Crippen LogP) is 2.01. The third-order valence-electron chi connectivity index (χ3n) is 2.27. The molecule has 0 atom stereocenters. The predicted molar refractivity (Wildman–Crippen MR) is 69.1 cm³/mol. The van der Waals surface area contributed by atoms with Crippen LogP contribution >= 0.6 is 0 Å². The summed E-state index contributed by atoms with van der Waals surface area (Å²) in [5.74, 6) is 0.860. The number of benzene rings is 1. The molecule has 0 aliphatic rings. The molecule has 1 amide bonds. The standard InChI is InChI=1S/C13H20N2O2/c1-10(2)6-7-15-11-4-3-5-12(8-11)17-9-13(14)16/h3-5,8,10,15H,6-7,9H2,1-2H3,(H2,14,16). The Morgan fingerprint density at radius 2 is 2.24 bits per heavy atom. The molecule has 1 aromatic carbocycles. The number of hydrogen-bond acceptors (Lipinski definition) is 3. The van der Waals surface area contributed by atoms with Crippen LogP contribution in [-0.2, 0) is 4.79 Å². The highest BCUT2D eigenvalue weighted by Crippen LogP contribution is 2.17. The second-order valence-electron chi connectivity index (χ2n) is 4.39. The summed E-state index contributed by atoms with van der Waals surface area (Å²) < 4.78 is 5.22. The summed E-state index contributed by atoms with van der Waals surface area (Å²) in [5.41, 5.74) is 6.01. The van der Waals surface area contributed by atoms with Gasteiger partial charge in [-0.25, -0.2) is 0 Å². The van der Waals surface area contributed by atoms with Gasteiger partial charge in [-0.1, -0.05) is 19.9 Å². The number of nitrogens with one attached hydrogen (secondary N) is 1. The topological polar surface area (TPSA) is 64.3 Å². The summed E-state index contributed by atoms with van der Waals surface area (Å²) in [6.45, 7) is 5.22. The molecule has 0 saturated heterocycles. The van der Waals surface area contributed by atoms with E-state index in [1.54, 1.807) is 6.07 Å². The lowest BCUT2D eigenvalue weighted by molar-refractivity contribution is -0.119. The van der Waals surface area contributed by atoms with E-state index in [4.69, 9.17) is 10.5 Å². The first-order chi connectivity index (χ1) is 8.08. The molecule has 1 aromatic rings. The van der Waals surface area contributed by atoms with Gasteiger partial charge in [0, 0.05) is 18.3 Å². The van der Waals surface area contributed by atoms with Crippen molar-refractivity contribution in [1.82, 2.24) is 0 Å². The van der Waals surface area contributed by atoms with Crippen molar-refractivity contribution in [3.63, 3.8) is 0 Å². The van der Waals surface area contributed by atoms with E-state index in [2.05, 4.69) is 19.2 Å². The Balaban J connectivity index is 2.45. The molecule has 0 aromatic heterocycles. The SMILES string of the molecule is CC(C)CCNc1cccc(OCC(N)=O)c1. The molecule has 4 heteroatoms. The average Bonchev–Trinajstić information content (AvgIpc) is 2.26. The van der Waals surface area contributed by atoms with E-state index in [-0.39, 0.29) is 6.61 Å². The van der Waals surface area contributed by atoms with Gasteiger partial charge in [-0.3, -0.25) is 4.79 Å². The van der Waals surface area contributed by atoms with E-state index in [0.717, 1.165) is 18.7 Å². The summed E-state index contributed by atoms with van der Waals surface area (Å²) in [5, 5.41) is 3.31. The van der Waals surface area contributed by atoms with Crippen LogP contribution in [0.1, 0.15) is 20.3 Å². The van der Waals surface area contributed by atoms with Crippen molar-refractivity contribution in [1.29, 1.82) is 0 Å². The molecule has 0 bridgehead atoms. The maximum atomic E-state index is 10.6. The lowest BCUT2D eigenvalue weighted by atomic mass is 10.1. The summed E-state index contributed by atoms with van der Waals surface area (Å²) in [6.07, 6.45) is 1.12. The maximum Gasteiger partial charge on any atom is 0.255 e. The van der Waals surface area contributed by atoms with Crippen molar-refractivity contribution >= 4 is 11.6 Å². The Kier molecular flexibility index (Phi) is 5.33. The van der Waals surface area contributed by atoms with Gasteiger partial charge in [-0.2, -0.15) is 0 Å². The van der Waals surface area contributed by atoms with Crippen LogP contribution in [0.3, 0.4) is 0 Å². The van der Waals surface area contributed by atoms with E-state index in [9.17, 15) is 4.79 Å². The highest BCUT2D eigenvalue weighted by Gasteiger charge is 1.99. The molecule has 17 heavy (non-hydrogen) atoms. The lowest BCUT2D eigenvalue weighted by Gasteiger charge is -2.10. The lowest BCUT2D eigenvalue weighted by Crippen LogP contribution is -2.20. The highest BCUT2D eigenvalue weighted by molar-refractivity contribution is 5.75. The number of amides is 1. The zero-order chi connectivity index (χ0) is 12.7. The molecule has 94 valence electrons. The summed E-state index contributed by atoms with van der Waals surface area (Å²) in [6, 6.07) is 7.52. The molecule has 4 nitrogen and oxygen atoms in total. The van der Waals surface area contributed by atoms with Gasteiger partial charge in [0.2, 0.25) is 0 Å². The average molecular weight is 236 g/mol. The quantitative estimate of drug-likeness (QED) is 0.761. The fourth-order valence-electron chi connectivity index (χ4n) is 1.36. The molecule has 1 rings (SSSR count). The van der Waals surface area contributed by atoms with Gasteiger partial charge >= 0.3 is 0 Å². The Morgan fingerprint density at radius 3 is 2.88 bits per heavy atom. The molecule has 0 aliphatic heterocycles. The molecule has 0 fully saturated rings. The molecule has 0 unspecified atom stereocenters. The molecular formula is C13H20N2O2. The van der Waals surface area contributed by atoms with Crippen LogP contribution in [0.4, 0.5) is 5.69 Å². The molecule has 3 N–H and O–H groups in total. The first-order valence-electron chi connectivity index (χ1n) is 5.83. The number of nitrogens with two attached hydrogens (primary N) is 1. The minimum Gasteiger partial charge on any atom is -0.484 e. The van der Waals surface area contributed by atoms with Gasteiger partial charge in [0.15, 0.2) is 6.61 Å². The van der Waals surface area contributed by atoms with Crippen LogP contribution in [0.2, 0.25) is 0 Å². The van der Waals surface area contributed by atoms with Crippen molar-refractivity contribution in [3.8, 4) is 5.75 Å². The number of carbonyl (C=O) groups excluding carboxylic acids is 1. The van der Waals surface area contributed by atoms with Gasteiger partial charge in [0.05, 0.1) is 0 Å². The molecule has 0 heterocycles. The number of primary amides is 1. The van der Waals surface area contributed by atoms with E-state index >= 15 is 0 Å². The molecule has 0 saturated carbocycles. The fraction of sp³-hybridized carbons (Fsp3) is 0.462. The van der Waals surface area contributed by atoms with E-state index < -0.39 is 5.91 Å². The van der Waals surface area contributed by atoms with Crippen molar-refractivity contribution in [3.05, 3.63) is 24.3 Å². The first-order valence-corrected chi connectivity index (χ1v) is 5.83. The summed E-state index contributed by atoms with van der Waals surface area (Å²) in [4.78, 5) is 10.6. The van der Waals surface area contributed by atoms with Gasteiger partial charge in [0.1, 0.15) is 5.75 Å². The molecular weight excluding hydrogens is 216 g/mol. The maximum absolute atomic E-state index is 10.6. The minimum absolute atomic E-state index is 0.0878. The summed E-state index contributed by atoms with van der Waals surface area (Å²) >= 11 is 0. The van der Waals surface area contributed by atoms with Gasteiger partial charge in [-0.05, 0) is 24.5 Å². The monoisotopic (exact) mass is 236 g/mol. The van der Waals surface area contributed by atoms with Gasteiger partial charge < -0.3 is 15.8 Å². The zero-order valence-electron chi connectivity index (χ0n) is 10.4. The zero-order valence-corrected chi connectivity index (χ0v) is 10.4. The van der Waals surface area contributed by atoms with Crippen LogP contribution in [0.5, 0.6) is 5.75 Å². The van der Waals surface area contributed by atoms with Crippen LogP contribution in [0.25, 0.3) is 0 Å². The number of hydrogen-bond donors (Lipinski definition) is 2. The smallest absolute Gasteiger partial charge is 0.255 e. The van der Waals surface area contributed by atoms with E-state index in [1.807, 2.05) is 18.2 Å². The van der Waals surface area contributed by atoms with Crippen molar-refractivity contribution < 1.29 is 9.53 Å². The second kappa shape index (κ2) is 6.78. The van der Waals surface area contributed by atoms with Crippen LogP contribution in [-0.4, -0.2) is 19.1 Å². The van der Waals surface area contributed by atoms with Crippen LogP contribution in [0, 0.1) is 5.92 Å². The normalized spacial score (nSPS) is 10.3.